The number of nitrogens with zero attached hydrogens (tertiary/aromatic N) is 3. The second kappa shape index (κ2) is 11.0. The fourth-order valence-corrected chi connectivity index (χ4v) is 3.65. The van der Waals surface area contributed by atoms with Crippen molar-refractivity contribution in [3.63, 3.8) is 0 Å². The van der Waals surface area contributed by atoms with Crippen molar-refractivity contribution in [2.24, 2.45) is 0 Å². The number of thioether (sulfide) groups is 1. The van der Waals surface area contributed by atoms with Crippen molar-refractivity contribution in [3.8, 4) is 0 Å². The van der Waals surface area contributed by atoms with Gasteiger partial charge in [-0.1, -0.05) is 36.4 Å². The highest BCUT2D eigenvalue weighted by Gasteiger charge is 2.30. The van der Waals surface area contributed by atoms with Crippen molar-refractivity contribution in [1.29, 1.82) is 0 Å². The second-order valence-corrected chi connectivity index (χ2v) is 8.06. The molecule has 1 atom stereocenters. The summed E-state index contributed by atoms with van der Waals surface area (Å²) >= 11 is 1.63. The highest BCUT2D eigenvalue weighted by atomic mass is 32.2. The molecule has 2 aromatic rings. The number of rotatable bonds is 8. The lowest BCUT2D eigenvalue weighted by molar-refractivity contribution is -0.138. The Morgan fingerprint density at radius 3 is 2.69 bits per heavy atom. The zero-order valence-electron chi connectivity index (χ0n) is 16.7. The van der Waals surface area contributed by atoms with Crippen LogP contribution in [0.2, 0.25) is 0 Å². The van der Waals surface area contributed by atoms with Gasteiger partial charge in [-0.15, -0.1) is 0 Å². The molecule has 1 aliphatic heterocycles. The van der Waals surface area contributed by atoms with E-state index in [1.165, 1.54) is 0 Å². The number of pyridine rings is 1. The summed E-state index contributed by atoms with van der Waals surface area (Å²) in [6, 6.07) is 13.7. The zero-order chi connectivity index (χ0) is 20.5. The number of benzene rings is 1. The molecule has 1 fully saturated rings. The highest BCUT2D eigenvalue weighted by molar-refractivity contribution is 7.98. The number of amides is 2. The van der Waals surface area contributed by atoms with Gasteiger partial charge in [0, 0.05) is 44.2 Å². The van der Waals surface area contributed by atoms with Gasteiger partial charge in [0.2, 0.25) is 11.8 Å². The van der Waals surface area contributed by atoms with Crippen LogP contribution < -0.4 is 0 Å². The van der Waals surface area contributed by atoms with Crippen LogP contribution in [0.15, 0.2) is 54.9 Å². The maximum atomic E-state index is 12.9. The van der Waals surface area contributed by atoms with Gasteiger partial charge in [0.15, 0.2) is 0 Å². The summed E-state index contributed by atoms with van der Waals surface area (Å²) in [4.78, 5) is 33.1. The van der Waals surface area contributed by atoms with E-state index < -0.39 is 0 Å². The minimum atomic E-state index is -0.239. The van der Waals surface area contributed by atoms with Crippen LogP contribution in [-0.4, -0.2) is 64.3 Å². The van der Waals surface area contributed by atoms with Crippen molar-refractivity contribution >= 4 is 23.6 Å². The fourth-order valence-electron chi connectivity index (χ4n) is 3.27. The molecular weight excluding hydrogens is 386 g/mol. The number of hydrogen-bond acceptors (Lipinski definition) is 5. The van der Waals surface area contributed by atoms with Crippen LogP contribution in [0, 0.1) is 0 Å². The molecule has 1 saturated heterocycles. The zero-order valence-corrected chi connectivity index (χ0v) is 17.5. The van der Waals surface area contributed by atoms with Crippen LogP contribution in [0.3, 0.4) is 0 Å². The molecule has 0 saturated carbocycles. The lowest BCUT2D eigenvalue weighted by atomic mass is 10.2. The van der Waals surface area contributed by atoms with Crippen molar-refractivity contribution in [1.82, 2.24) is 14.8 Å². The minimum absolute atomic E-state index is 0.00392. The van der Waals surface area contributed by atoms with Crippen molar-refractivity contribution < 1.29 is 14.3 Å². The standard InChI is InChI=1S/C22H27N3O3S/c1-29-11-9-21(26)25-15-20(28-17-18-6-3-2-4-7-18)14-24(22(27)16-25)13-19-8-5-10-23-12-19/h2-8,10,12,20H,9,11,13-17H2,1H3/t20-/m1/s1. The monoisotopic (exact) mass is 413 g/mol. The third kappa shape index (κ3) is 6.58. The van der Waals surface area contributed by atoms with Gasteiger partial charge in [-0.2, -0.15) is 11.8 Å². The maximum Gasteiger partial charge on any atom is 0.242 e. The first-order chi connectivity index (χ1) is 14.2. The molecule has 2 heterocycles. The molecule has 0 unspecified atom stereocenters. The summed E-state index contributed by atoms with van der Waals surface area (Å²) in [6.45, 7) is 1.89. The number of ether oxygens (including phenoxy) is 1. The summed E-state index contributed by atoms with van der Waals surface area (Å²) in [7, 11) is 0. The Balaban J connectivity index is 1.71. The first-order valence-electron chi connectivity index (χ1n) is 9.74. The van der Waals surface area contributed by atoms with Gasteiger partial charge in [0.05, 0.1) is 19.3 Å². The minimum Gasteiger partial charge on any atom is -0.370 e. The number of carbonyl (C=O) groups is 2. The molecule has 0 spiro atoms. The fraction of sp³-hybridized carbons (Fsp3) is 0.409. The van der Waals surface area contributed by atoms with E-state index in [4.69, 9.17) is 4.74 Å². The van der Waals surface area contributed by atoms with Crippen LogP contribution >= 0.6 is 11.8 Å². The smallest absolute Gasteiger partial charge is 0.242 e. The molecule has 0 radical (unpaired) electrons. The van der Waals surface area contributed by atoms with Crippen LogP contribution in [0.4, 0.5) is 0 Å². The molecule has 3 rings (SSSR count). The maximum absolute atomic E-state index is 12.9. The molecule has 1 aliphatic rings. The molecule has 1 aromatic carbocycles. The third-order valence-electron chi connectivity index (χ3n) is 4.82. The Morgan fingerprint density at radius 1 is 1.17 bits per heavy atom. The van der Waals surface area contributed by atoms with E-state index in [1.54, 1.807) is 34.0 Å². The van der Waals surface area contributed by atoms with E-state index in [1.807, 2.05) is 48.7 Å². The largest absolute Gasteiger partial charge is 0.370 e. The van der Waals surface area contributed by atoms with E-state index in [0.29, 0.717) is 32.7 Å². The molecule has 6 nitrogen and oxygen atoms in total. The molecule has 1 aromatic heterocycles. The van der Waals surface area contributed by atoms with Gasteiger partial charge in [0.1, 0.15) is 0 Å². The van der Waals surface area contributed by atoms with Crippen LogP contribution in [0.1, 0.15) is 17.5 Å². The number of carbonyl (C=O) groups excluding carboxylic acids is 2. The Bertz CT molecular complexity index is 788. The first-order valence-corrected chi connectivity index (χ1v) is 11.1. The predicted octanol–water partition coefficient (Wildman–Crippen LogP) is 2.59. The van der Waals surface area contributed by atoms with E-state index in [0.717, 1.165) is 16.9 Å². The quantitative estimate of drug-likeness (QED) is 0.666. The Kier molecular flexibility index (Phi) is 8.07. The molecule has 7 heteroatoms. The topological polar surface area (TPSA) is 62.7 Å². The Hall–Kier alpha value is -2.38. The lowest BCUT2D eigenvalue weighted by Gasteiger charge is -2.25. The van der Waals surface area contributed by atoms with Gasteiger partial charge in [-0.05, 0) is 23.4 Å². The van der Waals surface area contributed by atoms with Crippen LogP contribution in [0.25, 0.3) is 0 Å². The highest BCUT2D eigenvalue weighted by Crippen LogP contribution is 2.15. The first kappa shape index (κ1) is 21.3. The van der Waals surface area contributed by atoms with E-state index >= 15 is 0 Å². The van der Waals surface area contributed by atoms with E-state index in [9.17, 15) is 9.59 Å². The van der Waals surface area contributed by atoms with Crippen LogP contribution in [0.5, 0.6) is 0 Å². The number of hydrogen-bond donors (Lipinski definition) is 0. The van der Waals surface area contributed by atoms with Crippen LogP contribution in [-0.2, 0) is 27.5 Å². The molecule has 0 bridgehead atoms. The average Bonchev–Trinajstić information content (AvgIpc) is 2.91. The SMILES string of the molecule is CSCCC(=O)N1CC(=O)N(Cc2cccnc2)C[C@@H](OCc2ccccc2)C1. The predicted molar refractivity (Wildman–Crippen MR) is 114 cm³/mol. The average molecular weight is 414 g/mol. The molecule has 0 aliphatic carbocycles. The van der Waals surface area contributed by atoms with E-state index in [-0.39, 0.29) is 24.5 Å². The Labute approximate surface area is 176 Å². The van der Waals surface area contributed by atoms with Gasteiger partial charge >= 0.3 is 0 Å². The molecule has 29 heavy (non-hydrogen) atoms. The molecule has 0 N–H and O–H groups in total. The van der Waals surface area contributed by atoms with Gasteiger partial charge < -0.3 is 14.5 Å². The van der Waals surface area contributed by atoms with Crippen molar-refractivity contribution in [2.75, 3.05) is 31.6 Å². The van der Waals surface area contributed by atoms with Gasteiger partial charge in [-0.25, -0.2) is 0 Å². The molecular formula is C22H27N3O3S. The molecule has 2 amide bonds. The third-order valence-corrected chi connectivity index (χ3v) is 5.44. The summed E-state index contributed by atoms with van der Waals surface area (Å²) in [5.74, 6) is 0.694. The van der Waals surface area contributed by atoms with Crippen molar-refractivity contribution in [3.05, 3.63) is 66.0 Å². The van der Waals surface area contributed by atoms with Gasteiger partial charge in [0.25, 0.3) is 0 Å². The lowest BCUT2D eigenvalue weighted by Crippen LogP contribution is -2.39. The number of aromatic nitrogens is 1. The van der Waals surface area contributed by atoms with E-state index in [2.05, 4.69) is 4.98 Å². The summed E-state index contributed by atoms with van der Waals surface area (Å²) < 4.78 is 6.14. The second-order valence-electron chi connectivity index (χ2n) is 7.07. The summed E-state index contributed by atoms with van der Waals surface area (Å²) in [6.07, 6.45) is 5.65. The van der Waals surface area contributed by atoms with Gasteiger partial charge in [-0.3, -0.25) is 14.6 Å². The molecule has 154 valence electrons. The summed E-state index contributed by atoms with van der Waals surface area (Å²) in [5, 5.41) is 0. The summed E-state index contributed by atoms with van der Waals surface area (Å²) in [5.41, 5.74) is 2.03. The Morgan fingerprint density at radius 2 is 1.97 bits per heavy atom. The normalized spacial score (nSPS) is 17.3. The van der Waals surface area contributed by atoms with Crippen molar-refractivity contribution in [2.45, 2.75) is 25.7 Å².